The topological polar surface area (TPSA) is 92.7 Å². The van der Waals surface area contributed by atoms with Gasteiger partial charge in [0.1, 0.15) is 6.54 Å². The lowest BCUT2D eigenvalue weighted by atomic mass is 9.65. The number of carbonyl (C=O) groups is 3. The molecule has 26 heavy (non-hydrogen) atoms. The molecule has 3 aliphatic carbocycles. The highest BCUT2D eigenvalue weighted by molar-refractivity contribution is 5.88. The van der Waals surface area contributed by atoms with Gasteiger partial charge in [-0.25, -0.2) is 0 Å². The van der Waals surface area contributed by atoms with E-state index in [0.29, 0.717) is 30.3 Å². The van der Waals surface area contributed by atoms with E-state index in [4.69, 9.17) is 9.84 Å². The van der Waals surface area contributed by atoms with E-state index in [0.717, 1.165) is 19.3 Å². The Kier molecular flexibility index (Phi) is 5.58. The first-order valence-electron chi connectivity index (χ1n) is 10.1. The second kappa shape index (κ2) is 7.57. The molecule has 146 valence electrons. The first-order chi connectivity index (χ1) is 12.4. The summed E-state index contributed by atoms with van der Waals surface area (Å²) in [5.41, 5.74) is 0. The van der Waals surface area contributed by atoms with Crippen molar-refractivity contribution in [3.05, 3.63) is 0 Å². The number of ether oxygens (including phenoxy) is 1. The van der Waals surface area contributed by atoms with Crippen LogP contribution in [0.2, 0.25) is 0 Å². The van der Waals surface area contributed by atoms with E-state index >= 15 is 0 Å². The fourth-order valence-electron chi connectivity index (χ4n) is 6.61. The van der Waals surface area contributed by atoms with Crippen LogP contribution < -0.4 is 5.32 Å². The van der Waals surface area contributed by atoms with Crippen LogP contribution in [0.5, 0.6) is 0 Å². The molecular formula is C20H31NO5. The zero-order valence-corrected chi connectivity index (χ0v) is 15.9. The lowest BCUT2D eigenvalue weighted by Crippen LogP contribution is -2.48. The van der Waals surface area contributed by atoms with Crippen molar-refractivity contribution in [3.63, 3.8) is 0 Å². The van der Waals surface area contributed by atoms with Crippen LogP contribution in [-0.2, 0) is 19.1 Å². The quantitative estimate of drug-likeness (QED) is 0.676. The first kappa shape index (κ1) is 19.2. The Morgan fingerprint density at radius 2 is 1.54 bits per heavy atom. The Morgan fingerprint density at radius 3 is 2.04 bits per heavy atom. The lowest BCUT2D eigenvalue weighted by Gasteiger charge is -2.39. The molecule has 2 bridgehead atoms. The number of rotatable bonds is 7. The summed E-state index contributed by atoms with van der Waals surface area (Å²) in [6.45, 7) is 6.13. The number of aliphatic carboxylic acids is 1. The van der Waals surface area contributed by atoms with Gasteiger partial charge in [0.2, 0.25) is 5.91 Å². The highest BCUT2D eigenvalue weighted by atomic mass is 16.5. The van der Waals surface area contributed by atoms with Crippen LogP contribution in [-0.4, -0.2) is 36.1 Å². The molecule has 8 atom stereocenters. The molecular weight excluding hydrogens is 334 g/mol. The van der Waals surface area contributed by atoms with E-state index in [-0.39, 0.29) is 23.7 Å². The molecule has 6 heteroatoms. The zero-order valence-electron chi connectivity index (χ0n) is 15.9. The average Bonchev–Trinajstić information content (AvgIpc) is 3.27. The van der Waals surface area contributed by atoms with Gasteiger partial charge in [-0.15, -0.1) is 0 Å². The summed E-state index contributed by atoms with van der Waals surface area (Å²) < 4.78 is 5.32. The van der Waals surface area contributed by atoms with Gasteiger partial charge >= 0.3 is 11.9 Å². The molecule has 0 radical (unpaired) electrons. The molecule has 6 nitrogen and oxygen atoms in total. The van der Waals surface area contributed by atoms with Gasteiger partial charge in [-0.3, -0.25) is 14.4 Å². The van der Waals surface area contributed by atoms with Crippen LogP contribution in [0.3, 0.4) is 0 Å². The van der Waals surface area contributed by atoms with E-state index in [1.807, 2.05) is 0 Å². The third kappa shape index (κ3) is 3.01. The van der Waals surface area contributed by atoms with Gasteiger partial charge in [0.05, 0.1) is 18.4 Å². The fourth-order valence-corrected chi connectivity index (χ4v) is 6.61. The van der Waals surface area contributed by atoms with Crippen molar-refractivity contribution in [1.29, 1.82) is 0 Å². The monoisotopic (exact) mass is 365 g/mol. The molecule has 0 spiro atoms. The van der Waals surface area contributed by atoms with Crippen LogP contribution in [0, 0.1) is 47.3 Å². The van der Waals surface area contributed by atoms with Crippen molar-refractivity contribution in [2.75, 3.05) is 13.2 Å². The van der Waals surface area contributed by atoms with Crippen LogP contribution in [0.1, 0.15) is 46.5 Å². The summed E-state index contributed by atoms with van der Waals surface area (Å²) in [4.78, 5) is 36.4. The predicted molar refractivity (Wildman–Crippen MR) is 95.0 cm³/mol. The van der Waals surface area contributed by atoms with Crippen LogP contribution in [0.25, 0.3) is 0 Å². The molecule has 0 aromatic heterocycles. The minimum atomic E-state index is -1.06. The summed E-state index contributed by atoms with van der Waals surface area (Å²) in [6.07, 6.45) is 4.31. The van der Waals surface area contributed by atoms with Crippen LogP contribution in [0.15, 0.2) is 0 Å². The summed E-state index contributed by atoms with van der Waals surface area (Å²) in [5, 5.41) is 11.4. The summed E-state index contributed by atoms with van der Waals surface area (Å²) in [7, 11) is 0. The lowest BCUT2D eigenvalue weighted by molar-refractivity contribution is -0.157. The van der Waals surface area contributed by atoms with E-state index in [9.17, 15) is 14.4 Å². The average molecular weight is 365 g/mol. The molecule has 0 aliphatic heterocycles. The van der Waals surface area contributed by atoms with Crippen molar-refractivity contribution in [1.82, 2.24) is 5.32 Å². The van der Waals surface area contributed by atoms with Crippen molar-refractivity contribution >= 4 is 17.8 Å². The number of carbonyl (C=O) groups excluding carboxylic acids is 2. The first-order valence-corrected chi connectivity index (χ1v) is 10.1. The molecule has 1 amide bonds. The molecule has 0 saturated heterocycles. The van der Waals surface area contributed by atoms with E-state index in [1.165, 1.54) is 6.42 Å². The Labute approximate surface area is 155 Å². The zero-order chi connectivity index (χ0) is 19.0. The summed E-state index contributed by atoms with van der Waals surface area (Å²) in [6, 6.07) is 0. The van der Waals surface area contributed by atoms with Gasteiger partial charge in [0.15, 0.2) is 0 Å². The smallest absolute Gasteiger partial charge is 0.322 e. The number of hydrogen-bond donors (Lipinski definition) is 2. The van der Waals surface area contributed by atoms with Gasteiger partial charge in [0.25, 0.3) is 0 Å². The minimum absolute atomic E-state index is 0.176. The van der Waals surface area contributed by atoms with Crippen molar-refractivity contribution in [2.45, 2.75) is 46.5 Å². The van der Waals surface area contributed by atoms with Crippen LogP contribution in [0.4, 0.5) is 0 Å². The largest absolute Gasteiger partial charge is 0.480 e. The number of nitrogens with one attached hydrogen (secondary N) is 1. The maximum Gasteiger partial charge on any atom is 0.322 e. The molecule has 3 saturated carbocycles. The highest BCUT2D eigenvalue weighted by Gasteiger charge is 2.66. The minimum Gasteiger partial charge on any atom is -0.480 e. The number of fused-ring (bicyclic) bond motifs is 5. The SMILES string of the molecule is CCOC(=O)C1C2CC(C1C(=O)NCC(=O)O)C1C(CC)CC(CC)C21. The van der Waals surface area contributed by atoms with Gasteiger partial charge in [-0.1, -0.05) is 26.7 Å². The van der Waals surface area contributed by atoms with Crippen molar-refractivity contribution in [3.8, 4) is 0 Å². The van der Waals surface area contributed by atoms with Crippen molar-refractivity contribution in [2.24, 2.45) is 47.3 Å². The molecule has 0 aromatic rings. The molecule has 3 fully saturated rings. The third-order valence-electron chi connectivity index (χ3n) is 7.31. The number of carboxylic acid groups (broad SMARTS) is 1. The Bertz CT molecular complexity index is 577. The third-order valence-corrected chi connectivity index (χ3v) is 7.31. The summed E-state index contributed by atoms with van der Waals surface area (Å²) >= 11 is 0. The second-order valence-electron chi connectivity index (χ2n) is 8.21. The molecule has 0 aromatic carbocycles. The molecule has 8 unspecified atom stereocenters. The van der Waals surface area contributed by atoms with Gasteiger partial charge in [-0.2, -0.15) is 0 Å². The van der Waals surface area contributed by atoms with E-state index in [2.05, 4.69) is 19.2 Å². The van der Waals surface area contributed by atoms with Gasteiger partial charge in [-0.05, 0) is 55.3 Å². The standard InChI is InChI=1S/C20H31NO5/c1-4-10-7-11(5-2)16-13-8-12(15(10)16)17(18(13)20(25)26-6-3)19(24)21-9-14(22)23/h10-13,15-18H,4-9H2,1-3H3,(H,21,24)(H,22,23). The number of hydrogen-bond acceptors (Lipinski definition) is 4. The number of carboxylic acids is 1. The number of esters is 1. The normalized spacial score (nSPS) is 40.3. The van der Waals surface area contributed by atoms with E-state index in [1.54, 1.807) is 6.92 Å². The maximum absolute atomic E-state index is 12.8. The molecule has 3 aliphatic rings. The van der Waals surface area contributed by atoms with E-state index < -0.39 is 24.3 Å². The molecule has 0 heterocycles. The fraction of sp³-hybridized carbons (Fsp3) is 0.850. The van der Waals surface area contributed by atoms with Crippen molar-refractivity contribution < 1.29 is 24.2 Å². The van der Waals surface area contributed by atoms with Crippen LogP contribution >= 0.6 is 0 Å². The molecule has 3 rings (SSSR count). The Hall–Kier alpha value is -1.59. The second-order valence-corrected chi connectivity index (χ2v) is 8.21. The number of amides is 1. The maximum atomic E-state index is 12.8. The van der Waals surface area contributed by atoms with Gasteiger partial charge < -0.3 is 15.2 Å². The Morgan fingerprint density at radius 1 is 0.962 bits per heavy atom. The predicted octanol–water partition coefficient (Wildman–Crippen LogP) is 2.32. The summed E-state index contributed by atoms with van der Waals surface area (Å²) in [5.74, 6) is 0.122. The van der Waals surface area contributed by atoms with Gasteiger partial charge in [0, 0.05) is 0 Å². The molecule has 2 N–H and O–H groups in total. The highest BCUT2D eigenvalue weighted by Crippen LogP contribution is 2.67. The Balaban J connectivity index is 1.89.